The fourth-order valence-corrected chi connectivity index (χ4v) is 0.215. The van der Waals surface area contributed by atoms with Gasteiger partial charge in [-0.25, -0.2) is 4.79 Å². The molecule has 0 saturated heterocycles. The van der Waals surface area contributed by atoms with Crippen molar-refractivity contribution in [1.82, 2.24) is 0 Å². The van der Waals surface area contributed by atoms with Crippen molar-refractivity contribution >= 4 is 5.97 Å². The van der Waals surface area contributed by atoms with Crippen LogP contribution in [0.5, 0.6) is 0 Å². The van der Waals surface area contributed by atoms with Crippen molar-refractivity contribution in [3.63, 3.8) is 0 Å². The number of carbonyl (C=O) groups excluding carboxylic acids is 1. The van der Waals surface area contributed by atoms with Crippen LogP contribution in [0.4, 0.5) is 0 Å². The van der Waals surface area contributed by atoms with Crippen molar-refractivity contribution < 1.29 is 9.53 Å². The zero-order valence-corrected chi connectivity index (χ0v) is 4.76. The number of hydrogen-bond acceptors (Lipinski definition) is 2. The van der Waals surface area contributed by atoms with Gasteiger partial charge < -0.3 is 4.74 Å². The van der Waals surface area contributed by atoms with E-state index in [1.807, 2.05) is 0 Å². The maximum atomic E-state index is 10.2. The first kappa shape index (κ1) is 6.95. The third-order valence-electron chi connectivity index (χ3n) is 0.570. The Labute approximate surface area is 48.5 Å². The molecule has 0 aliphatic carbocycles. The second kappa shape index (κ2) is 4.12. The number of hydrogen-bond donors (Lipinski definition) is 0. The summed E-state index contributed by atoms with van der Waals surface area (Å²) in [6.45, 7) is 3.37. The van der Waals surface area contributed by atoms with Gasteiger partial charge in [-0.05, 0) is 0 Å². The summed E-state index contributed by atoms with van der Waals surface area (Å²) in [5.74, 6) is -0.357. The zero-order chi connectivity index (χ0) is 6.41. The second-order valence-corrected chi connectivity index (χ2v) is 1.12. The number of allylic oxidation sites excluding steroid dienone is 2. The lowest BCUT2D eigenvalue weighted by Gasteiger charge is -1.85. The van der Waals surface area contributed by atoms with E-state index in [2.05, 4.69) is 11.3 Å². The van der Waals surface area contributed by atoms with E-state index in [9.17, 15) is 4.79 Å². The topological polar surface area (TPSA) is 26.3 Å². The molecule has 2 heteroatoms. The van der Waals surface area contributed by atoms with Gasteiger partial charge in [-0.15, -0.1) is 0 Å². The largest absolute Gasteiger partial charge is 0.466 e. The first-order valence-electron chi connectivity index (χ1n) is 2.18. The van der Waals surface area contributed by atoms with Crippen LogP contribution >= 0.6 is 0 Å². The van der Waals surface area contributed by atoms with E-state index in [0.29, 0.717) is 0 Å². The molecule has 0 aromatic heterocycles. The number of methoxy groups -OCH3 is 1. The predicted octanol–water partition coefficient (Wildman–Crippen LogP) is 0.902. The summed E-state index contributed by atoms with van der Waals surface area (Å²) in [5, 5.41) is 0. The lowest BCUT2D eigenvalue weighted by atomic mass is 10.5. The second-order valence-electron chi connectivity index (χ2n) is 1.12. The van der Waals surface area contributed by atoms with Gasteiger partial charge in [-0.1, -0.05) is 18.7 Å². The van der Waals surface area contributed by atoms with E-state index < -0.39 is 0 Å². The van der Waals surface area contributed by atoms with Gasteiger partial charge in [0.2, 0.25) is 0 Å². The van der Waals surface area contributed by atoms with Crippen LogP contribution in [-0.2, 0) is 9.53 Å². The molecule has 0 rings (SSSR count). The van der Waals surface area contributed by atoms with Gasteiger partial charge in [-0.2, -0.15) is 0 Å². The molecule has 0 saturated carbocycles. The van der Waals surface area contributed by atoms with Gasteiger partial charge in [0, 0.05) is 6.08 Å². The molecule has 0 fully saturated rings. The van der Waals surface area contributed by atoms with E-state index in [0.717, 1.165) is 0 Å². The maximum Gasteiger partial charge on any atom is 0.330 e. The minimum Gasteiger partial charge on any atom is -0.466 e. The van der Waals surface area contributed by atoms with Crippen LogP contribution in [0.15, 0.2) is 24.8 Å². The average molecular weight is 112 g/mol. The van der Waals surface area contributed by atoms with Gasteiger partial charge in [0.25, 0.3) is 0 Å². The van der Waals surface area contributed by atoms with E-state index in [1.165, 1.54) is 25.3 Å². The van der Waals surface area contributed by atoms with E-state index in [1.54, 1.807) is 0 Å². The van der Waals surface area contributed by atoms with E-state index in [-0.39, 0.29) is 5.97 Å². The highest BCUT2D eigenvalue weighted by atomic mass is 16.5. The van der Waals surface area contributed by atoms with Crippen LogP contribution in [0.1, 0.15) is 0 Å². The van der Waals surface area contributed by atoms with Crippen molar-refractivity contribution in [3.8, 4) is 0 Å². The quantitative estimate of drug-likeness (QED) is 0.301. The molecule has 0 aliphatic heterocycles. The molecule has 0 aromatic rings. The molecular formula is C6H8O2. The van der Waals surface area contributed by atoms with Crippen LogP contribution in [-0.4, -0.2) is 13.1 Å². The molecule has 0 atom stereocenters. The standard InChI is InChI=1S/C6H8O2/c1-3-4-5-6(7)8-2/h3-5H,1H2,2H3/b5-4-. The van der Waals surface area contributed by atoms with Gasteiger partial charge in [0.05, 0.1) is 7.11 Å². The Morgan fingerprint density at radius 2 is 2.38 bits per heavy atom. The molecule has 0 aliphatic rings. The molecule has 0 aromatic carbocycles. The summed E-state index contributed by atoms with van der Waals surface area (Å²) in [6.07, 6.45) is 4.33. The van der Waals surface area contributed by atoms with Gasteiger partial charge in [0.1, 0.15) is 0 Å². The molecule has 0 spiro atoms. The molecule has 0 amide bonds. The van der Waals surface area contributed by atoms with Crippen LogP contribution in [0.2, 0.25) is 0 Å². The van der Waals surface area contributed by atoms with E-state index >= 15 is 0 Å². The molecule has 0 heterocycles. The van der Waals surface area contributed by atoms with Crippen molar-refractivity contribution in [2.75, 3.05) is 7.11 Å². The van der Waals surface area contributed by atoms with Crippen LogP contribution < -0.4 is 0 Å². The fraction of sp³-hybridized carbons (Fsp3) is 0.167. The Kier molecular flexibility index (Phi) is 3.58. The highest BCUT2D eigenvalue weighted by Gasteiger charge is 1.85. The maximum absolute atomic E-state index is 10.2. The lowest BCUT2D eigenvalue weighted by molar-refractivity contribution is -0.134. The predicted molar refractivity (Wildman–Crippen MR) is 31.4 cm³/mol. The summed E-state index contributed by atoms with van der Waals surface area (Å²) in [7, 11) is 1.33. The number of ether oxygens (including phenoxy) is 1. The molecule has 0 unspecified atom stereocenters. The van der Waals surface area contributed by atoms with Crippen LogP contribution in [0, 0.1) is 0 Å². The monoisotopic (exact) mass is 112 g/mol. The molecule has 8 heavy (non-hydrogen) atoms. The number of esters is 1. The minimum atomic E-state index is -0.357. The van der Waals surface area contributed by atoms with Gasteiger partial charge in [0.15, 0.2) is 0 Å². The van der Waals surface area contributed by atoms with Crippen LogP contribution in [0.25, 0.3) is 0 Å². The molecular weight excluding hydrogens is 104 g/mol. The summed E-state index contributed by atoms with van der Waals surface area (Å²) in [5.41, 5.74) is 0. The molecule has 0 N–H and O–H groups in total. The van der Waals surface area contributed by atoms with Gasteiger partial charge >= 0.3 is 5.97 Å². The highest BCUT2D eigenvalue weighted by molar-refractivity contribution is 5.81. The summed E-state index contributed by atoms with van der Waals surface area (Å²) >= 11 is 0. The Bertz CT molecular complexity index is 114. The molecule has 0 radical (unpaired) electrons. The van der Waals surface area contributed by atoms with Crippen LogP contribution in [0.3, 0.4) is 0 Å². The fourth-order valence-electron chi connectivity index (χ4n) is 0.215. The minimum absolute atomic E-state index is 0.357. The highest BCUT2D eigenvalue weighted by Crippen LogP contribution is 1.76. The normalized spacial score (nSPS) is 9.12. The first-order chi connectivity index (χ1) is 3.81. The summed E-state index contributed by atoms with van der Waals surface area (Å²) < 4.78 is 4.28. The molecule has 44 valence electrons. The lowest BCUT2D eigenvalue weighted by Crippen LogP contribution is -1.92. The third-order valence-corrected chi connectivity index (χ3v) is 0.570. The Morgan fingerprint density at radius 3 is 2.75 bits per heavy atom. The van der Waals surface area contributed by atoms with Crippen molar-refractivity contribution in [2.45, 2.75) is 0 Å². The van der Waals surface area contributed by atoms with Gasteiger partial charge in [-0.3, -0.25) is 0 Å². The number of carbonyl (C=O) groups is 1. The van der Waals surface area contributed by atoms with Crippen molar-refractivity contribution in [1.29, 1.82) is 0 Å². The third kappa shape index (κ3) is 3.15. The SMILES string of the molecule is C=C/C=C\C(=O)OC. The zero-order valence-electron chi connectivity index (χ0n) is 4.76. The smallest absolute Gasteiger partial charge is 0.330 e. The Balaban J connectivity index is 3.52. The Hall–Kier alpha value is -1.05. The molecule has 2 nitrogen and oxygen atoms in total. The summed E-state index contributed by atoms with van der Waals surface area (Å²) in [6, 6.07) is 0. The number of rotatable bonds is 2. The summed E-state index contributed by atoms with van der Waals surface area (Å²) in [4.78, 5) is 10.2. The average Bonchev–Trinajstić information content (AvgIpc) is 1.83. The molecule has 0 bridgehead atoms. The Morgan fingerprint density at radius 1 is 1.75 bits per heavy atom. The first-order valence-corrected chi connectivity index (χ1v) is 2.18. The van der Waals surface area contributed by atoms with Crippen molar-refractivity contribution in [3.05, 3.63) is 24.8 Å². The van der Waals surface area contributed by atoms with Crippen molar-refractivity contribution in [2.24, 2.45) is 0 Å². The van der Waals surface area contributed by atoms with E-state index in [4.69, 9.17) is 0 Å².